The molecule has 31 heavy (non-hydrogen) atoms. The van der Waals surface area contributed by atoms with E-state index in [1.807, 2.05) is 31.2 Å². The molecular formula is C23H23N3O4S. The third kappa shape index (κ3) is 5.14. The van der Waals surface area contributed by atoms with Gasteiger partial charge in [-0.15, -0.1) is 0 Å². The maximum atomic E-state index is 13.1. The lowest BCUT2D eigenvalue weighted by molar-refractivity contribution is -0.140. The summed E-state index contributed by atoms with van der Waals surface area (Å²) in [6, 6.07) is 14.3. The Labute approximate surface area is 184 Å². The van der Waals surface area contributed by atoms with E-state index in [2.05, 4.69) is 10.1 Å². The molecule has 1 fully saturated rings. The van der Waals surface area contributed by atoms with Crippen LogP contribution in [0.2, 0.25) is 0 Å². The quantitative estimate of drug-likeness (QED) is 0.405. The Balaban J connectivity index is 1.53. The van der Waals surface area contributed by atoms with Gasteiger partial charge in [-0.25, -0.2) is 9.78 Å². The number of aryl methyl sites for hydroxylation is 1. The van der Waals surface area contributed by atoms with Crippen molar-refractivity contribution < 1.29 is 18.8 Å². The number of carbonyl (C=O) groups is 2. The number of hydrogen-bond acceptors (Lipinski definition) is 7. The molecule has 3 heterocycles. The van der Waals surface area contributed by atoms with Crippen molar-refractivity contribution >= 4 is 23.6 Å². The third-order valence-corrected chi connectivity index (χ3v) is 6.03. The lowest BCUT2D eigenvalue weighted by atomic mass is 10.1. The summed E-state index contributed by atoms with van der Waals surface area (Å²) >= 11 is 1.37. The standard InChI is InChI=1S/C23H23N3O4S/c1-16-14-18(25-30-16)15-31-21-19(10-7-11-24-21)23(28)29-20(17-8-3-2-4-9-17)22(27)26-12-5-6-13-26/h2-4,7-11,14,20H,5-6,12-13,15H2,1H3. The smallest absolute Gasteiger partial charge is 0.342 e. The molecule has 8 heteroatoms. The van der Waals surface area contributed by atoms with Crippen LogP contribution in [0.4, 0.5) is 0 Å². The second-order valence-electron chi connectivity index (χ2n) is 7.30. The van der Waals surface area contributed by atoms with Gasteiger partial charge in [0.2, 0.25) is 6.10 Å². The molecule has 1 saturated heterocycles. The predicted octanol–water partition coefficient (Wildman–Crippen LogP) is 4.19. The average molecular weight is 438 g/mol. The molecule has 0 radical (unpaired) electrons. The molecular weight excluding hydrogens is 414 g/mol. The van der Waals surface area contributed by atoms with Crippen LogP contribution in [0.1, 0.15) is 46.3 Å². The second-order valence-corrected chi connectivity index (χ2v) is 8.27. The van der Waals surface area contributed by atoms with Gasteiger partial charge in [-0.05, 0) is 31.9 Å². The maximum Gasteiger partial charge on any atom is 0.342 e. The molecule has 4 rings (SSSR count). The first kappa shape index (κ1) is 21.1. The lowest BCUT2D eigenvalue weighted by Crippen LogP contribution is -2.35. The number of nitrogens with zero attached hydrogens (tertiary/aromatic N) is 3. The van der Waals surface area contributed by atoms with E-state index in [1.54, 1.807) is 35.4 Å². The zero-order valence-electron chi connectivity index (χ0n) is 17.2. The van der Waals surface area contributed by atoms with Crippen LogP contribution in [0.25, 0.3) is 0 Å². The summed E-state index contributed by atoms with van der Waals surface area (Å²) in [7, 11) is 0. The maximum absolute atomic E-state index is 13.1. The molecule has 1 aliphatic rings. The zero-order chi connectivity index (χ0) is 21.6. The Kier molecular flexibility index (Phi) is 6.66. The van der Waals surface area contributed by atoms with Crippen LogP contribution in [0, 0.1) is 6.92 Å². The van der Waals surface area contributed by atoms with E-state index in [0.29, 0.717) is 35.0 Å². The van der Waals surface area contributed by atoms with E-state index in [0.717, 1.165) is 24.3 Å². The van der Waals surface area contributed by atoms with Crippen LogP contribution in [0.5, 0.6) is 0 Å². The summed E-state index contributed by atoms with van der Waals surface area (Å²) in [4.78, 5) is 32.3. The van der Waals surface area contributed by atoms with Gasteiger partial charge < -0.3 is 14.2 Å². The molecule has 1 atom stereocenters. The molecule has 1 amide bonds. The van der Waals surface area contributed by atoms with Gasteiger partial charge in [0.1, 0.15) is 10.8 Å². The first-order valence-corrected chi connectivity index (χ1v) is 11.1. The van der Waals surface area contributed by atoms with Crippen molar-refractivity contribution in [1.29, 1.82) is 0 Å². The number of hydrogen-bond donors (Lipinski definition) is 0. The number of thioether (sulfide) groups is 1. The minimum Gasteiger partial charge on any atom is -0.444 e. The molecule has 0 bridgehead atoms. The molecule has 2 aromatic heterocycles. The molecule has 7 nitrogen and oxygen atoms in total. The molecule has 0 aliphatic carbocycles. The second kappa shape index (κ2) is 9.78. The Hall–Kier alpha value is -3.13. The van der Waals surface area contributed by atoms with E-state index >= 15 is 0 Å². The van der Waals surface area contributed by atoms with Gasteiger partial charge in [-0.1, -0.05) is 47.3 Å². The third-order valence-electron chi connectivity index (χ3n) is 4.99. The SMILES string of the molecule is Cc1cc(CSc2ncccc2C(=O)OC(C(=O)N2CCCC2)c2ccccc2)no1. The Morgan fingerprint density at radius 2 is 1.94 bits per heavy atom. The van der Waals surface area contributed by atoms with E-state index < -0.39 is 12.1 Å². The van der Waals surface area contributed by atoms with Crippen LogP contribution in [-0.2, 0) is 15.3 Å². The van der Waals surface area contributed by atoms with Gasteiger partial charge in [0.25, 0.3) is 5.91 Å². The topological polar surface area (TPSA) is 85.5 Å². The fourth-order valence-electron chi connectivity index (χ4n) is 3.45. The molecule has 1 aliphatic heterocycles. The number of esters is 1. The summed E-state index contributed by atoms with van der Waals surface area (Å²) in [6.45, 7) is 3.20. The highest BCUT2D eigenvalue weighted by atomic mass is 32.2. The number of ether oxygens (including phenoxy) is 1. The number of likely N-dealkylation sites (tertiary alicyclic amines) is 1. The van der Waals surface area contributed by atoms with E-state index in [9.17, 15) is 9.59 Å². The van der Waals surface area contributed by atoms with Crippen molar-refractivity contribution in [3.05, 3.63) is 77.3 Å². The number of amides is 1. The van der Waals surface area contributed by atoms with Crippen LogP contribution in [0.15, 0.2) is 64.3 Å². The first-order valence-electron chi connectivity index (χ1n) is 10.2. The van der Waals surface area contributed by atoms with Crippen molar-refractivity contribution in [2.75, 3.05) is 13.1 Å². The summed E-state index contributed by atoms with van der Waals surface area (Å²) in [5, 5.41) is 4.49. The fraction of sp³-hybridized carbons (Fsp3) is 0.304. The predicted molar refractivity (Wildman–Crippen MR) is 115 cm³/mol. The number of rotatable bonds is 7. The van der Waals surface area contributed by atoms with Crippen LogP contribution in [0.3, 0.4) is 0 Å². The molecule has 0 spiro atoms. The van der Waals surface area contributed by atoms with Crippen molar-refractivity contribution in [2.45, 2.75) is 36.6 Å². The van der Waals surface area contributed by atoms with Crippen LogP contribution < -0.4 is 0 Å². The summed E-state index contributed by atoms with van der Waals surface area (Å²) in [6.07, 6.45) is 2.57. The van der Waals surface area contributed by atoms with E-state index in [1.165, 1.54) is 11.8 Å². The monoisotopic (exact) mass is 437 g/mol. The van der Waals surface area contributed by atoms with Crippen molar-refractivity contribution in [1.82, 2.24) is 15.0 Å². The van der Waals surface area contributed by atoms with Crippen LogP contribution >= 0.6 is 11.8 Å². The summed E-state index contributed by atoms with van der Waals surface area (Å²) < 4.78 is 10.9. The van der Waals surface area contributed by atoms with Gasteiger partial charge in [-0.2, -0.15) is 0 Å². The van der Waals surface area contributed by atoms with E-state index in [4.69, 9.17) is 9.26 Å². The number of aromatic nitrogens is 2. The number of benzene rings is 1. The lowest BCUT2D eigenvalue weighted by Gasteiger charge is -2.23. The normalized spacial score (nSPS) is 14.4. The van der Waals surface area contributed by atoms with Gasteiger partial charge in [0.05, 0.1) is 11.3 Å². The van der Waals surface area contributed by atoms with E-state index in [-0.39, 0.29) is 5.91 Å². The molecule has 0 saturated carbocycles. The number of carbonyl (C=O) groups excluding carboxylic acids is 2. The van der Waals surface area contributed by atoms with Gasteiger partial charge in [0.15, 0.2) is 0 Å². The first-order chi connectivity index (χ1) is 15.1. The number of pyridine rings is 1. The Morgan fingerprint density at radius 1 is 1.16 bits per heavy atom. The molecule has 1 unspecified atom stereocenters. The summed E-state index contributed by atoms with van der Waals surface area (Å²) in [5.74, 6) is 0.465. The van der Waals surface area contributed by atoms with Crippen molar-refractivity contribution in [3.63, 3.8) is 0 Å². The van der Waals surface area contributed by atoms with Crippen molar-refractivity contribution in [3.8, 4) is 0 Å². The molecule has 160 valence electrons. The molecule has 0 N–H and O–H groups in total. The highest BCUT2D eigenvalue weighted by Crippen LogP contribution is 2.28. The highest BCUT2D eigenvalue weighted by Gasteiger charge is 2.32. The average Bonchev–Trinajstić information content (AvgIpc) is 3.48. The van der Waals surface area contributed by atoms with Gasteiger partial charge >= 0.3 is 5.97 Å². The minimum atomic E-state index is -0.983. The van der Waals surface area contributed by atoms with Crippen molar-refractivity contribution in [2.24, 2.45) is 0 Å². The highest BCUT2D eigenvalue weighted by molar-refractivity contribution is 7.98. The molecule has 3 aromatic rings. The Bertz CT molecular complexity index is 1050. The van der Waals surface area contributed by atoms with Gasteiger partial charge in [0, 0.05) is 36.7 Å². The summed E-state index contributed by atoms with van der Waals surface area (Å²) in [5.41, 5.74) is 1.74. The van der Waals surface area contributed by atoms with Gasteiger partial charge in [-0.3, -0.25) is 4.79 Å². The zero-order valence-corrected chi connectivity index (χ0v) is 18.0. The Morgan fingerprint density at radius 3 is 2.65 bits per heavy atom. The molecule has 1 aromatic carbocycles. The largest absolute Gasteiger partial charge is 0.444 e. The fourth-order valence-corrected chi connectivity index (χ4v) is 4.32. The van der Waals surface area contributed by atoms with Crippen LogP contribution in [-0.4, -0.2) is 40.0 Å². The minimum absolute atomic E-state index is 0.187.